The number of ether oxygens (including phenoxy) is 1. The number of anilines is 1. The maximum Gasteiger partial charge on any atom is 0.414 e. The molecule has 0 saturated carbocycles. The van der Waals surface area contributed by atoms with E-state index in [1.807, 2.05) is 6.07 Å². The molecule has 0 aliphatic carbocycles. The lowest BCUT2D eigenvalue weighted by atomic mass is 9.93. The summed E-state index contributed by atoms with van der Waals surface area (Å²) in [7, 11) is 0. The van der Waals surface area contributed by atoms with Crippen molar-refractivity contribution in [1.29, 1.82) is 0 Å². The van der Waals surface area contributed by atoms with Gasteiger partial charge in [0, 0.05) is 0 Å². The van der Waals surface area contributed by atoms with E-state index in [0.717, 1.165) is 29.9 Å². The van der Waals surface area contributed by atoms with Crippen LogP contribution >= 0.6 is 12.2 Å². The Morgan fingerprint density at radius 3 is 2.88 bits per heavy atom. The van der Waals surface area contributed by atoms with Gasteiger partial charge in [-0.25, -0.2) is 9.18 Å². The third-order valence-corrected chi connectivity index (χ3v) is 5.68. The number of amides is 1. The number of halogens is 1. The molecule has 1 aromatic carbocycles. The van der Waals surface area contributed by atoms with Gasteiger partial charge in [0.1, 0.15) is 23.4 Å². The average Bonchev–Trinajstić information content (AvgIpc) is 2.94. The summed E-state index contributed by atoms with van der Waals surface area (Å²) in [6, 6.07) is 5.05. The Hall–Kier alpha value is -1.54. The van der Waals surface area contributed by atoms with Crippen molar-refractivity contribution in [2.24, 2.45) is 5.73 Å². The van der Waals surface area contributed by atoms with E-state index in [2.05, 4.69) is 5.32 Å². The summed E-state index contributed by atoms with van der Waals surface area (Å²) in [4.78, 5) is 13.5. The van der Waals surface area contributed by atoms with Gasteiger partial charge in [0.05, 0.1) is 18.8 Å². The van der Waals surface area contributed by atoms with Crippen LogP contribution in [0.1, 0.15) is 24.3 Å². The maximum absolute atomic E-state index is 14.5. The van der Waals surface area contributed by atoms with Crippen molar-refractivity contribution < 1.29 is 13.9 Å². The molecule has 5 nitrogen and oxygen atoms in total. The molecule has 3 N–H and O–H groups in total. The number of benzene rings is 1. The van der Waals surface area contributed by atoms with E-state index >= 15 is 0 Å². The predicted octanol–water partition coefficient (Wildman–Crippen LogP) is 1.68. The van der Waals surface area contributed by atoms with Crippen molar-refractivity contribution in [2.75, 3.05) is 29.5 Å². The Morgan fingerprint density at radius 2 is 2.21 bits per heavy atom. The number of nitrogens with one attached hydrogen (secondary N) is 1. The molecule has 2 heterocycles. The van der Waals surface area contributed by atoms with Crippen molar-refractivity contribution in [3.05, 3.63) is 29.6 Å². The van der Waals surface area contributed by atoms with Gasteiger partial charge in [0.15, 0.2) is 5.11 Å². The van der Waals surface area contributed by atoms with Crippen LogP contribution in [-0.4, -0.2) is 41.9 Å². The lowest BCUT2D eigenvalue weighted by Gasteiger charge is -2.20. The lowest BCUT2D eigenvalue weighted by molar-refractivity contribution is 0.143. The highest BCUT2D eigenvalue weighted by atomic mass is 32.2. The Balaban J connectivity index is 1.69. The number of carbonyl (C=O) groups is 1. The van der Waals surface area contributed by atoms with Gasteiger partial charge >= 0.3 is 6.09 Å². The molecule has 0 spiro atoms. The average molecular weight is 370 g/mol. The molecule has 0 bridgehead atoms. The number of cyclic esters (lactones) is 1. The molecule has 2 fully saturated rings. The maximum atomic E-state index is 14.5. The number of thiocarbonyl (C=S) groups is 1. The van der Waals surface area contributed by atoms with E-state index in [1.165, 1.54) is 22.7 Å². The molecule has 3 rings (SSSR count). The minimum Gasteiger partial charge on any atom is -0.442 e. The third kappa shape index (κ3) is 3.92. The summed E-state index contributed by atoms with van der Waals surface area (Å²) >= 11 is 6.20. The number of hydrogen-bond acceptors (Lipinski definition) is 3. The highest BCUT2D eigenvalue weighted by Crippen LogP contribution is 2.32. The minimum atomic E-state index is -0.478. The van der Waals surface area contributed by atoms with Crippen LogP contribution in [0.4, 0.5) is 14.9 Å². The first-order chi connectivity index (χ1) is 11.5. The first kappa shape index (κ1) is 17.3. The van der Waals surface area contributed by atoms with Gasteiger partial charge in [-0.15, -0.1) is 0 Å². The third-order valence-electron chi connectivity index (χ3n) is 4.38. The van der Waals surface area contributed by atoms with E-state index in [0.29, 0.717) is 18.8 Å². The van der Waals surface area contributed by atoms with Gasteiger partial charge in [-0.3, -0.25) is 4.90 Å². The summed E-state index contributed by atoms with van der Waals surface area (Å²) in [5, 5.41) is 2.93. The van der Waals surface area contributed by atoms with Crippen LogP contribution in [0.2, 0.25) is 0 Å². The van der Waals surface area contributed by atoms with E-state index in [-0.39, 0.29) is 23.0 Å². The summed E-state index contributed by atoms with van der Waals surface area (Å²) in [5.41, 5.74) is 6.65. The highest BCUT2D eigenvalue weighted by molar-refractivity contribution is 7.80. The Morgan fingerprint density at radius 1 is 1.46 bits per heavy atom. The molecule has 0 aromatic heterocycles. The summed E-state index contributed by atoms with van der Waals surface area (Å²) in [6.07, 6.45) is 1.21. The normalized spacial score (nSPS) is 21.6. The molecule has 2 aliphatic rings. The molecule has 8 heteroatoms. The molecule has 130 valence electrons. The number of carbonyl (C=O) groups excluding carboxylic acids is 1. The second-order valence-corrected chi connectivity index (χ2v) is 7.79. The summed E-state index contributed by atoms with van der Waals surface area (Å²) in [6.45, 7) is 0.689. The summed E-state index contributed by atoms with van der Waals surface area (Å²) < 4.78 is 19.8. The predicted molar refractivity (Wildman–Crippen MR) is 99.3 cm³/mol. The zero-order valence-electron chi connectivity index (χ0n) is 13.2. The van der Waals surface area contributed by atoms with Crippen LogP contribution in [0.25, 0.3) is 0 Å². The van der Waals surface area contributed by atoms with Crippen LogP contribution in [0, 0.1) is 5.82 Å². The number of hydrogen-bond donors (Lipinski definition) is 2. The molecule has 2 saturated heterocycles. The van der Waals surface area contributed by atoms with E-state index < -0.39 is 6.09 Å². The van der Waals surface area contributed by atoms with Crippen molar-refractivity contribution in [3.8, 4) is 0 Å². The lowest BCUT2D eigenvalue weighted by Crippen LogP contribution is -2.37. The molecule has 1 amide bonds. The molecular formula is C16H21FN3O2S2+. The molecule has 1 atom stereocenters. The molecule has 0 unspecified atom stereocenters. The number of nitrogens with two attached hydrogens (primary N) is 1. The molecule has 0 radical (unpaired) electrons. The smallest absolute Gasteiger partial charge is 0.414 e. The van der Waals surface area contributed by atoms with Gasteiger partial charge in [-0.2, -0.15) is 0 Å². The highest BCUT2D eigenvalue weighted by Gasteiger charge is 2.33. The van der Waals surface area contributed by atoms with E-state index in [1.54, 1.807) is 6.07 Å². The topological polar surface area (TPSA) is 67.6 Å². The SMILES string of the molecule is NC(=S)NC[C@H]1CN(c2ccc(C3CC[SH+]CC3)c(F)c2)C(=O)O1. The molecule has 2 aliphatic heterocycles. The fraction of sp³-hybridized carbons (Fsp3) is 0.500. The fourth-order valence-corrected chi connectivity index (χ4v) is 4.42. The van der Waals surface area contributed by atoms with Crippen molar-refractivity contribution in [3.63, 3.8) is 0 Å². The Labute approximate surface area is 150 Å². The van der Waals surface area contributed by atoms with Crippen LogP contribution in [0.5, 0.6) is 0 Å². The zero-order valence-corrected chi connectivity index (χ0v) is 14.9. The monoisotopic (exact) mass is 370 g/mol. The molecule has 1 aromatic rings. The van der Waals surface area contributed by atoms with Gasteiger partial charge in [0.25, 0.3) is 0 Å². The van der Waals surface area contributed by atoms with Crippen LogP contribution < -0.4 is 16.0 Å². The fourth-order valence-electron chi connectivity index (χ4n) is 3.13. The van der Waals surface area contributed by atoms with E-state index in [4.69, 9.17) is 22.7 Å². The summed E-state index contributed by atoms with van der Waals surface area (Å²) in [5.74, 6) is 2.30. The second kappa shape index (κ2) is 7.57. The van der Waals surface area contributed by atoms with Gasteiger partial charge in [-0.05, 0) is 60.4 Å². The molecular weight excluding hydrogens is 349 g/mol. The number of nitrogens with zero attached hydrogens (tertiary/aromatic N) is 1. The van der Waals surface area contributed by atoms with Crippen molar-refractivity contribution in [2.45, 2.75) is 24.9 Å². The standard InChI is InChI=1S/C16H20FN3O2S2/c17-14-7-11(1-2-13(14)10-3-5-24-6-4-10)20-9-12(22-16(20)21)8-19-15(18)23/h1-2,7,10,12H,3-6,8-9H2,(H3,18,19,23)/p+1/t12-/m0/s1. The van der Waals surface area contributed by atoms with Gasteiger partial charge in [0.2, 0.25) is 0 Å². The Bertz CT molecular complexity index is 638. The van der Waals surface area contributed by atoms with Crippen LogP contribution in [-0.2, 0) is 16.5 Å². The number of thiol groups is 1. The van der Waals surface area contributed by atoms with Gasteiger partial charge < -0.3 is 15.8 Å². The quantitative estimate of drug-likeness (QED) is 0.480. The first-order valence-electron chi connectivity index (χ1n) is 7.98. The first-order valence-corrected chi connectivity index (χ1v) is 9.66. The van der Waals surface area contributed by atoms with Crippen LogP contribution in [0.3, 0.4) is 0 Å². The van der Waals surface area contributed by atoms with Crippen molar-refractivity contribution in [1.82, 2.24) is 5.32 Å². The van der Waals surface area contributed by atoms with Crippen molar-refractivity contribution >= 4 is 40.9 Å². The van der Waals surface area contributed by atoms with Gasteiger partial charge in [-0.1, -0.05) is 6.07 Å². The van der Waals surface area contributed by atoms with E-state index in [9.17, 15) is 9.18 Å². The zero-order chi connectivity index (χ0) is 17.1. The number of rotatable bonds is 4. The second-order valence-electron chi connectivity index (χ2n) is 6.01. The Kier molecular flexibility index (Phi) is 5.45. The van der Waals surface area contributed by atoms with Crippen LogP contribution in [0.15, 0.2) is 18.2 Å². The minimum absolute atomic E-state index is 0.159. The molecule has 24 heavy (non-hydrogen) atoms. The largest absolute Gasteiger partial charge is 0.442 e.